The second kappa shape index (κ2) is 4.58. The molecule has 1 aromatic rings. The molecular formula is C9H13N3. The molecule has 0 saturated carbocycles. The van der Waals surface area contributed by atoms with Crippen LogP contribution >= 0.6 is 0 Å². The number of hydrogen-bond acceptors (Lipinski definition) is 2. The molecule has 12 heavy (non-hydrogen) atoms. The molecule has 1 aromatic heterocycles. The van der Waals surface area contributed by atoms with E-state index in [-0.39, 0.29) is 0 Å². The lowest BCUT2D eigenvalue weighted by atomic mass is 10.4. The molecular weight excluding hydrogens is 150 g/mol. The van der Waals surface area contributed by atoms with Crippen molar-refractivity contribution in [2.24, 2.45) is 0 Å². The van der Waals surface area contributed by atoms with Crippen molar-refractivity contribution in [2.75, 3.05) is 6.54 Å². The van der Waals surface area contributed by atoms with E-state index in [4.69, 9.17) is 0 Å². The maximum absolute atomic E-state index is 4.08. The summed E-state index contributed by atoms with van der Waals surface area (Å²) in [4.78, 5) is 7.22. The number of imidazole rings is 1. The number of aromatic nitrogens is 2. The first-order chi connectivity index (χ1) is 5.83. The highest BCUT2D eigenvalue weighted by atomic mass is 14.9. The fourth-order valence-electron chi connectivity index (χ4n) is 0.910. The molecule has 3 nitrogen and oxygen atoms in total. The van der Waals surface area contributed by atoms with Crippen LogP contribution in [0.5, 0.6) is 0 Å². The SMILES string of the molecule is CC#CCNCc1cnc(C)[nH]1. The topological polar surface area (TPSA) is 40.7 Å². The Morgan fingerprint density at radius 1 is 1.67 bits per heavy atom. The molecule has 0 unspecified atom stereocenters. The van der Waals surface area contributed by atoms with Gasteiger partial charge in [0, 0.05) is 18.4 Å². The second-order valence-corrected chi connectivity index (χ2v) is 2.52. The van der Waals surface area contributed by atoms with Gasteiger partial charge in [-0.25, -0.2) is 4.98 Å². The Balaban J connectivity index is 2.27. The molecule has 64 valence electrons. The first kappa shape index (κ1) is 8.82. The minimum Gasteiger partial charge on any atom is -0.345 e. The molecule has 0 aliphatic heterocycles. The van der Waals surface area contributed by atoms with Gasteiger partial charge in [-0.3, -0.25) is 0 Å². The molecule has 0 fully saturated rings. The summed E-state index contributed by atoms with van der Waals surface area (Å²) >= 11 is 0. The summed E-state index contributed by atoms with van der Waals surface area (Å²) in [7, 11) is 0. The van der Waals surface area contributed by atoms with Gasteiger partial charge in [0.05, 0.1) is 6.54 Å². The molecule has 0 bridgehead atoms. The molecule has 0 spiro atoms. The number of aromatic amines is 1. The van der Waals surface area contributed by atoms with Crippen molar-refractivity contribution in [1.82, 2.24) is 15.3 Å². The predicted molar refractivity (Wildman–Crippen MR) is 48.5 cm³/mol. The van der Waals surface area contributed by atoms with Crippen LogP contribution in [0.3, 0.4) is 0 Å². The summed E-state index contributed by atoms with van der Waals surface area (Å²) in [5.41, 5.74) is 1.10. The normalized spacial score (nSPS) is 9.17. The summed E-state index contributed by atoms with van der Waals surface area (Å²) in [5.74, 6) is 6.70. The van der Waals surface area contributed by atoms with Crippen molar-refractivity contribution in [3.63, 3.8) is 0 Å². The molecule has 0 atom stereocenters. The molecule has 1 rings (SSSR count). The average Bonchev–Trinajstić information content (AvgIpc) is 2.45. The Hall–Kier alpha value is -1.27. The van der Waals surface area contributed by atoms with Crippen LogP contribution in [-0.2, 0) is 6.54 Å². The lowest BCUT2D eigenvalue weighted by Gasteiger charge is -1.95. The molecule has 0 aromatic carbocycles. The van der Waals surface area contributed by atoms with E-state index in [1.165, 1.54) is 0 Å². The van der Waals surface area contributed by atoms with Crippen LogP contribution in [0.1, 0.15) is 18.4 Å². The Morgan fingerprint density at radius 2 is 2.50 bits per heavy atom. The Bertz CT molecular complexity index is 290. The second-order valence-electron chi connectivity index (χ2n) is 2.52. The van der Waals surface area contributed by atoms with Crippen LogP contribution in [0.15, 0.2) is 6.20 Å². The minimum absolute atomic E-state index is 0.731. The number of nitrogens with zero attached hydrogens (tertiary/aromatic N) is 1. The number of hydrogen-bond donors (Lipinski definition) is 2. The third-order valence-corrected chi connectivity index (χ3v) is 1.46. The molecule has 2 N–H and O–H groups in total. The summed E-state index contributed by atoms with van der Waals surface area (Å²) in [5, 5.41) is 3.17. The first-order valence-corrected chi connectivity index (χ1v) is 3.93. The van der Waals surface area contributed by atoms with Gasteiger partial charge in [-0.15, -0.1) is 5.92 Å². The highest BCUT2D eigenvalue weighted by molar-refractivity contribution is 5.01. The summed E-state index contributed by atoms with van der Waals surface area (Å²) in [6.45, 7) is 5.31. The summed E-state index contributed by atoms with van der Waals surface area (Å²) in [6, 6.07) is 0. The third-order valence-electron chi connectivity index (χ3n) is 1.46. The predicted octanol–water partition coefficient (Wildman–Crippen LogP) is 0.831. The zero-order chi connectivity index (χ0) is 8.81. The van der Waals surface area contributed by atoms with E-state index in [2.05, 4.69) is 27.1 Å². The summed E-state index contributed by atoms with van der Waals surface area (Å²) < 4.78 is 0. The van der Waals surface area contributed by atoms with Crippen molar-refractivity contribution >= 4 is 0 Å². The number of rotatable bonds is 3. The van der Waals surface area contributed by atoms with Crippen molar-refractivity contribution < 1.29 is 0 Å². The van der Waals surface area contributed by atoms with Gasteiger partial charge in [0.1, 0.15) is 5.82 Å². The number of nitrogens with one attached hydrogen (secondary N) is 2. The van der Waals surface area contributed by atoms with E-state index in [0.29, 0.717) is 0 Å². The van der Waals surface area contributed by atoms with Crippen molar-refractivity contribution in [3.8, 4) is 11.8 Å². The van der Waals surface area contributed by atoms with Gasteiger partial charge in [0.25, 0.3) is 0 Å². The standard InChI is InChI=1S/C9H13N3/c1-3-4-5-10-6-9-7-11-8(2)12-9/h7,10H,5-6H2,1-2H3,(H,11,12). The minimum atomic E-state index is 0.731. The van der Waals surface area contributed by atoms with Crippen molar-refractivity contribution in [1.29, 1.82) is 0 Å². The molecule has 1 heterocycles. The van der Waals surface area contributed by atoms with E-state index in [9.17, 15) is 0 Å². The Morgan fingerprint density at radius 3 is 3.08 bits per heavy atom. The Kier molecular flexibility index (Phi) is 3.36. The van der Waals surface area contributed by atoms with Gasteiger partial charge in [-0.2, -0.15) is 0 Å². The smallest absolute Gasteiger partial charge is 0.103 e. The van der Waals surface area contributed by atoms with E-state index in [1.807, 2.05) is 20.0 Å². The number of H-pyrrole nitrogens is 1. The largest absolute Gasteiger partial charge is 0.345 e. The van der Waals surface area contributed by atoms with Gasteiger partial charge in [0.2, 0.25) is 0 Å². The summed E-state index contributed by atoms with van der Waals surface area (Å²) in [6.07, 6.45) is 1.84. The van der Waals surface area contributed by atoms with E-state index >= 15 is 0 Å². The zero-order valence-corrected chi connectivity index (χ0v) is 7.44. The van der Waals surface area contributed by atoms with Crippen LogP contribution in [0.4, 0.5) is 0 Å². The fourth-order valence-corrected chi connectivity index (χ4v) is 0.910. The van der Waals surface area contributed by atoms with Crippen LogP contribution in [0.2, 0.25) is 0 Å². The van der Waals surface area contributed by atoms with E-state index in [0.717, 1.165) is 24.6 Å². The molecule has 0 aliphatic carbocycles. The van der Waals surface area contributed by atoms with E-state index in [1.54, 1.807) is 0 Å². The molecule has 0 radical (unpaired) electrons. The van der Waals surface area contributed by atoms with Gasteiger partial charge in [-0.05, 0) is 13.8 Å². The van der Waals surface area contributed by atoms with Gasteiger partial charge in [0.15, 0.2) is 0 Å². The average molecular weight is 163 g/mol. The maximum atomic E-state index is 4.08. The van der Waals surface area contributed by atoms with Crippen molar-refractivity contribution in [2.45, 2.75) is 20.4 Å². The van der Waals surface area contributed by atoms with Gasteiger partial charge < -0.3 is 10.3 Å². The fraction of sp³-hybridized carbons (Fsp3) is 0.444. The van der Waals surface area contributed by atoms with Crippen LogP contribution < -0.4 is 5.32 Å². The monoisotopic (exact) mass is 163 g/mol. The molecule has 3 heteroatoms. The first-order valence-electron chi connectivity index (χ1n) is 3.93. The van der Waals surface area contributed by atoms with Crippen molar-refractivity contribution in [3.05, 3.63) is 17.7 Å². The Labute approximate surface area is 72.6 Å². The molecule has 0 saturated heterocycles. The lowest BCUT2D eigenvalue weighted by molar-refractivity contribution is 0.752. The van der Waals surface area contributed by atoms with Gasteiger partial charge >= 0.3 is 0 Å². The van der Waals surface area contributed by atoms with Crippen LogP contribution in [0, 0.1) is 18.8 Å². The molecule has 0 aliphatic rings. The quantitative estimate of drug-likeness (QED) is 0.512. The molecule has 0 amide bonds. The maximum Gasteiger partial charge on any atom is 0.103 e. The third kappa shape index (κ3) is 2.77. The van der Waals surface area contributed by atoms with E-state index < -0.39 is 0 Å². The highest BCUT2D eigenvalue weighted by Gasteiger charge is 1.93. The highest BCUT2D eigenvalue weighted by Crippen LogP contribution is 1.93. The van der Waals surface area contributed by atoms with Crippen LogP contribution in [0.25, 0.3) is 0 Å². The zero-order valence-electron chi connectivity index (χ0n) is 7.44. The van der Waals surface area contributed by atoms with Crippen LogP contribution in [-0.4, -0.2) is 16.5 Å². The van der Waals surface area contributed by atoms with Gasteiger partial charge in [-0.1, -0.05) is 5.92 Å². The lowest BCUT2D eigenvalue weighted by Crippen LogP contribution is -2.13. The number of aryl methyl sites for hydroxylation is 1.